The van der Waals surface area contributed by atoms with E-state index < -0.39 is 24.1 Å². The van der Waals surface area contributed by atoms with Crippen molar-refractivity contribution in [1.29, 1.82) is 0 Å². The summed E-state index contributed by atoms with van der Waals surface area (Å²) >= 11 is 0. The second-order valence-electron chi connectivity index (χ2n) is 3.42. The number of nitrogens with zero attached hydrogens (tertiary/aromatic N) is 1. The Hall–Kier alpha value is -1.99. The van der Waals surface area contributed by atoms with Crippen molar-refractivity contribution in [2.24, 2.45) is 0 Å². The van der Waals surface area contributed by atoms with Crippen molar-refractivity contribution >= 4 is 11.9 Å². The number of hydrogen-bond acceptors (Lipinski definition) is 6. The van der Waals surface area contributed by atoms with E-state index in [9.17, 15) is 19.8 Å². The molecule has 0 aliphatic rings. The first kappa shape index (κ1) is 14.1. The van der Waals surface area contributed by atoms with Crippen molar-refractivity contribution in [1.82, 2.24) is 4.98 Å². The Morgan fingerprint density at radius 1 is 1.39 bits per heavy atom. The fraction of sp³-hybridized carbons (Fsp3) is 0.364. The van der Waals surface area contributed by atoms with Crippen LogP contribution >= 0.6 is 0 Å². The number of pyridine rings is 1. The minimum Gasteiger partial charge on any atom is -0.477 e. The second kappa shape index (κ2) is 6.08. The summed E-state index contributed by atoms with van der Waals surface area (Å²) < 4.78 is 4.54. The van der Waals surface area contributed by atoms with E-state index in [1.54, 1.807) is 6.92 Å². The van der Waals surface area contributed by atoms with E-state index in [-0.39, 0.29) is 17.9 Å². The molecule has 2 unspecified atom stereocenters. The fourth-order valence-corrected chi connectivity index (χ4v) is 1.25. The number of aromatic nitrogens is 1. The minimum absolute atomic E-state index is 0.0822. The molecule has 1 aromatic heterocycles. The lowest BCUT2D eigenvalue weighted by molar-refractivity contribution is -0.159. The lowest BCUT2D eigenvalue weighted by atomic mass is 10.1. The van der Waals surface area contributed by atoms with Crippen molar-refractivity contribution in [3.8, 4) is 0 Å². The fourth-order valence-electron chi connectivity index (χ4n) is 1.25. The SMILES string of the molecule is CCOC(=O)C(O)C(O)c1ccc(C(=O)O)nc1. The molecule has 0 aliphatic heterocycles. The van der Waals surface area contributed by atoms with E-state index in [4.69, 9.17) is 5.11 Å². The third-order valence-corrected chi connectivity index (χ3v) is 2.17. The van der Waals surface area contributed by atoms with Crippen LogP contribution in [0.1, 0.15) is 29.1 Å². The van der Waals surface area contributed by atoms with Crippen LogP contribution in [-0.2, 0) is 9.53 Å². The van der Waals surface area contributed by atoms with Gasteiger partial charge in [0.2, 0.25) is 0 Å². The smallest absolute Gasteiger partial charge is 0.354 e. The van der Waals surface area contributed by atoms with E-state index in [1.807, 2.05) is 0 Å². The van der Waals surface area contributed by atoms with Gasteiger partial charge in [0.1, 0.15) is 11.8 Å². The molecule has 0 spiro atoms. The molecular formula is C11H13NO6. The van der Waals surface area contributed by atoms with Gasteiger partial charge in [-0.05, 0) is 13.0 Å². The van der Waals surface area contributed by atoms with Crippen LogP contribution in [-0.4, -0.2) is 45.0 Å². The molecule has 0 aliphatic carbocycles. The van der Waals surface area contributed by atoms with Crippen LogP contribution in [0.15, 0.2) is 18.3 Å². The predicted octanol–water partition coefficient (Wildman–Crippen LogP) is -0.263. The van der Waals surface area contributed by atoms with Crippen LogP contribution < -0.4 is 0 Å². The molecule has 7 nitrogen and oxygen atoms in total. The molecule has 0 fully saturated rings. The molecule has 0 saturated heterocycles. The molecule has 0 bridgehead atoms. The van der Waals surface area contributed by atoms with Gasteiger partial charge in [0.25, 0.3) is 0 Å². The maximum atomic E-state index is 11.2. The Balaban J connectivity index is 2.80. The number of rotatable bonds is 5. The maximum Gasteiger partial charge on any atom is 0.354 e. The van der Waals surface area contributed by atoms with Crippen LogP contribution in [0.25, 0.3) is 0 Å². The van der Waals surface area contributed by atoms with Gasteiger partial charge in [-0.25, -0.2) is 14.6 Å². The van der Waals surface area contributed by atoms with Crippen LogP contribution in [0, 0.1) is 0 Å². The molecule has 18 heavy (non-hydrogen) atoms. The van der Waals surface area contributed by atoms with Crippen molar-refractivity contribution in [2.45, 2.75) is 19.1 Å². The van der Waals surface area contributed by atoms with Gasteiger partial charge in [-0.1, -0.05) is 6.07 Å². The van der Waals surface area contributed by atoms with Gasteiger partial charge in [-0.15, -0.1) is 0 Å². The first-order valence-corrected chi connectivity index (χ1v) is 5.19. The number of ether oxygens (including phenoxy) is 1. The van der Waals surface area contributed by atoms with Gasteiger partial charge in [0, 0.05) is 11.8 Å². The molecular weight excluding hydrogens is 242 g/mol. The highest BCUT2D eigenvalue weighted by Crippen LogP contribution is 2.17. The van der Waals surface area contributed by atoms with Crippen LogP contribution in [0.3, 0.4) is 0 Å². The van der Waals surface area contributed by atoms with Gasteiger partial charge in [0.15, 0.2) is 6.10 Å². The quantitative estimate of drug-likeness (QED) is 0.620. The summed E-state index contributed by atoms with van der Waals surface area (Å²) in [4.78, 5) is 25.3. The molecule has 1 heterocycles. The number of hydrogen-bond donors (Lipinski definition) is 3. The van der Waals surface area contributed by atoms with E-state index in [1.165, 1.54) is 12.1 Å². The number of esters is 1. The summed E-state index contributed by atoms with van der Waals surface area (Å²) in [5, 5.41) is 27.8. The largest absolute Gasteiger partial charge is 0.477 e. The van der Waals surface area contributed by atoms with Crippen LogP contribution in [0.4, 0.5) is 0 Å². The zero-order valence-corrected chi connectivity index (χ0v) is 9.61. The highest BCUT2D eigenvalue weighted by Gasteiger charge is 2.27. The number of aromatic carboxylic acids is 1. The van der Waals surface area contributed by atoms with Gasteiger partial charge in [0.05, 0.1) is 6.61 Å². The number of carboxylic acid groups (broad SMARTS) is 1. The first-order chi connectivity index (χ1) is 8.47. The molecule has 0 saturated carbocycles. The maximum absolute atomic E-state index is 11.2. The Kier molecular flexibility index (Phi) is 4.75. The highest BCUT2D eigenvalue weighted by molar-refractivity contribution is 5.85. The average molecular weight is 255 g/mol. The third kappa shape index (κ3) is 3.25. The Morgan fingerprint density at radius 3 is 2.50 bits per heavy atom. The van der Waals surface area contributed by atoms with E-state index in [0.717, 1.165) is 6.20 Å². The van der Waals surface area contributed by atoms with Crippen molar-refractivity contribution in [3.63, 3.8) is 0 Å². The highest BCUT2D eigenvalue weighted by atomic mass is 16.5. The van der Waals surface area contributed by atoms with Crippen LogP contribution in [0.2, 0.25) is 0 Å². The second-order valence-corrected chi connectivity index (χ2v) is 3.42. The average Bonchev–Trinajstić information content (AvgIpc) is 2.37. The van der Waals surface area contributed by atoms with Gasteiger partial charge in [-0.3, -0.25) is 0 Å². The van der Waals surface area contributed by atoms with E-state index >= 15 is 0 Å². The summed E-state index contributed by atoms with van der Waals surface area (Å²) in [6.45, 7) is 1.65. The van der Waals surface area contributed by atoms with Gasteiger partial charge in [-0.2, -0.15) is 0 Å². The number of carbonyl (C=O) groups is 2. The molecule has 0 amide bonds. The predicted molar refractivity (Wildman–Crippen MR) is 58.8 cm³/mol. The third-order valence-electron chi connectivity index (χ3n) is 2.17. The van der Waals surface area contributed by atoms with Crippen LogP contribution in [0.5, 0.6) is 0 Å². The first-order valence-electron chi connectivity index (χ1n) is 5.19. The number of aliphatic hydroxyl groups excluding tert-OH is 2. The lowest BCUT2D eigenvalue weighted by Gasteiger charge is -2.16. The normalized spacial score (nSPS) is 13.7. The zero-order chi connectivity index (χ0) is 13.7. The number of carboxylic acids is 1. The van der Waals surface area contributed by atoms with E-state index in [2.05, 4.69) is 9.72 Å². The Labute approximate surface area is 103 Å². The molecule has 2 atom stereocenters. The lowest BCUT2D eigenvalue weighted by Crippen LogP contribution is -2.30. The van der Waals surface area contributed by atoms with Gasteiger partial charge < -0.3 is 20.1 Å². The molecule has 3 N–H and O–H groups in total. The molecule has 98 valence electrons. The summed E-state index contributed by atoms with van der Waals surface area (Å²) in [5.41, 5.74) is -0.0721. The number of carbonyl (C=O) groups excluding carboxylic acids is 1. The number of aliphatic hydroxyl groups is 2. The zero-order valence-electron chi connectivity index (χ0n) is 9.61. The van der Waals surface area contributed by atoms with Crippen molar-refractivity contribution in [2.75, 3.05) is 6.61 Å². The summed E-state index contributed by atoms with van der Waals surface area (Å²) in [5.74, 6) is -2.16. The summed E-state index contributed by atoms with van der Waals surface area (Å²) in [7, 11) is 0. The summed E-state index contributed by atoms with van der Waals surface area (Å²) in [6, 6.07) is 2.43. The Bertz CT molecular complexity index is 430. The van der Waals surface area contributed by atoms with Crippen molar-refractivity contribution in [3.05, 3.63) is 29.6 Å². The van der Waals surface area contributed by atoms with E-state index in [0.29, 0.717) is 0 Å². The topological polar surface area (TPSA) is 117 Å². The monoisotopic (exact) mass is 255 g/mol. The molecule has 1 aromatic rings. The molecule has 1 rings (SSSR count). The standard InChI is InChI=1S/C11H13NO6/c1-2-18-11(17)9(14)8(13)6-3-4-7(10(15)16)12-5-6/h3-5,8-9,13-14H,2H2,1H3,(H,15,16). The molecule has 0 radical (unpaired) electrons. The van der Waals surface area contributed by atoms with Gasteiger partial charge >= 0.3 is 11.9 Å². The summed E-state index contributed by atoms with van der Waals surface area (Å²) in [6.07, 6.45) is -2.17. The minimum atomic E-state index is -1.73. The molecule has 0 aromatic carbocycles. The molecule has 7 heteroatoms. The van der Waals surface area contributed by atoms with Crippen molar-refractivity contribution < 1.29 is 29.6 Å². The Morgan fingerprint density at radius 2 is 2.06 bits per heavy atom.